The van der Waals surface area contributed by atoms with E-state index >= 15 is 0 Å². The number of aryl methyl sites for hydroxylation is 3. The van der Waals surface area contributed by atoms with Gasteiger partial charge in [0.2, 0.25) is 5.69 Å². The molecule has 0 bridgehead atoms. The maximum atomic E-state index is 2.49. The zero-order valence-corrected chi connectivity index (χ0v) is 24.5. The van der Waals surface area contributed by atoms with Gasteiger partial charge in [-0.05, 0) is 75.9 Å². The van der Waals surface area contributed by atoms with Crippen molar-refractivity contribution in [2.24, 2.45) is 13.0 Å². The zero-order valence-electron chi connectivity index (χ0n) is 23.7. The largest absolute Gasteiger partial charge is 0.222 e. The summed E-state index contributed by atoms with van der Waals surface area (Å²) >= 11 is 2.01. The van der Waals surface area contributed by atoms with Crippen molar-refractivity contribution in [3.05, 3.63) is 77.0 Å². The van der Waals surface area contributed by atoms with Gasteiger partial charge in [-0.3, -0.25) is 0 Å². The van der Waals surface area contributed by atoms with Gasteiger partial charge in [0.25, 0.3) is 0 Å². The third kappa shape index (κ3) is 3.63. The summed E-state index contributed by atoms with van der Waals surface area (Å²) in [6.07, 6.45) is 9.13. The standard InChI is InChI=1S/C36H38NS/c1-21-11-13-28-29(17-21)22(2)31-34-32-27(15-16-37(34)6)26-14-12-24(18-23-9-7-8-10-23)19-25(26)20-30(32)38-35(31)33(28)36(3,4)5/h11-17,19-20,23H,7-10,18H2,1-6H3/q+1. The second-order valence-corrected chi connectivity index (χ2v) is 14.0. The number of pyridine rings is 1. The summed E-state index contributed by atoms with van der Waals surface area (Å²) < 4.78 is 2.37. The maximum Gasteiger partial charge on any atom is 0.222 e. The second-order valence-electron chi connectivity index (χ2n) is 13.0. The molecule has 1 fully saturated rings. The number of fused-ring (bicyclic) bond motifs is 5. The Kier molecular flexibility index (Phi) is 5.47. The smallest absolute Gasteiger partial charge is 0.200 e. The first-order chi connectivity index (χ1) is 18.2. The third-order valence-corrected chi connectivity index (χ3v) is 10.3. The van der Waals surface area contributed by atoms with Crippen molar-refractivity contribution in [2.75, 3.05) is 0 Å². The van der Waals surface area contributed by atoms with Crippen LogP contribution in [0.1, 0.15) is 68.7 Å². The highest BCUT2D eigenvalue weighted by Gasteiger charge is 2.35. The topological polar surface area (TPSA) is 3.88 Å². The summed E-state index contributed by atoms with van der Waals surface area (Å²) in [6.45, 7) is 11.7. The number of hydrogen-bond acceptors (Lipinski definition) is 1. The summed E-state index contributed by atoms with van der Waals surface area (Å²) in [4.78, 5) is 2.85. The van der Waals surface area contributed by atoms with E-state index in [9.17, 15) is 0 Å². The van der Waals surface area contributed by atoms with Crippen molar-refractivity contribution >= 4 is 44.1 Å². The van der Waals surface area contributed by atoms with Crippen LogP contribution in [-0.2, 0) is 18.9 Å². The van der Waals surface area contributed by atoms with Gasteiger partial charge in [-0.15, -0.1) is 0 Å². The summed E-state index contributed by atoms with van der Waals surface area (Å²) in [5, 5.41) is 8.38. The maximum absolute atomic E-state index is 2.49. The summed E-state index contributed by atoms with van der Waals surface area (Å²) in [5.41, 5.74) is 8.55. The average Bonchev–Trinajstić information content (AvgIpc) is 3.38. The predicted molar refractivity (Wildman–Crippen MR) is 164 cm³/mol. The molecule has 0 unspecified atom stereocenters. The Balaban J connectivity index is 1.55. The monoisotopic (exact) mass is 516 g/mol. The molecule has 4 aromatic carbocycles. The SMILES string of the molecule is Cc1ccc2c(C(C)(C)C)c3c(c(C)c2c1)-c1c2c(cc4cc(CC5CCCC5)ccc4c2cc[n+]1C)S3. The fourth-order valence-corrected chi connectivity index (χ4v) is 8.93. The number of rotatable bonds is 2. The Labute approximate surface area is 231 Å². The molecule has 0 spiro atoms. The molecule has 0 N–H and O–H groups in total. The molecule has 1 aliphatic carbocycles. The Bertz CT molecular complexity index is 1780. The number of aromatic nitrogens is 1. The van der Waals surface area contributed by atoms with E-state index in [-0.39, 0.29) is 5.41 Å². The van der Waals surface area contributed by atoms with E-state index in [2.05, 4.69) is 101 Å². The lowest BCUT2D eigenvalue weighted by atomic mass is 9.79. The fourth-order valence-electron chi connectivity index (χ4n) is 7.35. The van der Waals surface area contributed by atoms with Gasteiger partial charge < -0.3 is 0 Å². The second kappa shape index (κ2) is 8.58. The lowest BCUT2D eigenvalue weighted by Crippen LogP contribution is -2.32. The fraction of sp³-hybridized carbons (Fsp3) is 0.361. The molecule has 1 aromatic heterocycles. The van der Waals surface area contributed by atoms with Crippen molar-refractivity contribution in [3.8, 4) is 11.3 Å². The molecule has 5 aromatic rings. The molecule has 1 aliphatic heterocycles. The van der Waals surface area contributed by atoms with Crippen LogP contribution in [0.3, 0.4) is 0 Å². The van der Waals surface area contributed by atoms with E-state index < -0.39 is 0 Å². The molecular weight excluding hydrogens is 478 g/mol. The molecule has 192 valence electrons. The van der Waals surface area contributed by atoms with Gasteiger partial charge in [-0.1, -0.05) is 100 Å². The molecule has 38 heavy (non-hydrogen) atoms. The van der Waals surface area contributed by atoms with Crippen LogP contribution in [0.2, 0.25) is 0 Å². The Hall–Kier alpha value is -2.84. The minimum atomic E-state index is 0.0353. The van der Waals surface area contributed by atoms with E-state index in [4.69, 9.17) is 0 Å². The van der Waals surface area contributed by atoms with Crippen molar-refractivity contribution in [1.82, 2.24) is 0 Å². The van der Waals surface area contributed by atoms with Crippen molar-refractivity contribution in [3.63, 3.8) is 0 Å². The van der Waals surface area contributed by atoms with Crippen LogP contribution < -0.4 is 4.57 Å². The van der Waals surface area contributed by atoms with E-state index in [1.165, 1.54) is 108 Å². The van der Waals surface area contributed by atoms with E-state index in [1.807, 2.05) is 11.8 Å². The molecule has 2 heterocycles. The van der Waals surface area contributed by atoms with Gasteiger partial charge in [0.05, 0.1) is 10.9 Å². The lowest BCUT2D eigenvalue weighted by Gasteiger charge is -2.30. The minimum Gasteiger partial charge on any atom is -0.200 e. The van der Waals surface area contributed by atoms with Crippen LogP contribution in [0, 0.1) is 19.8 Å². The van der Waals surface area contributed by atoms with E-state index in [0.29, 0.717) is 0 Å². The Morgan fingerprint density at radius 3 is 2.39 bits per heavy atom. The first kappa shape index (κ1) is 24.2. The number of benzene rings is 4. The summed E-state index contributed by atoms with van der Waals surface area (Å²) in [7, 11) is 2.23. The molecule has 0 amide bonds. The molecule has 0 saturated heterocycles. The highest BCUT2D eigenvalue weighted by atomic mass is 32.2. The molecule has 7 rings (SSSR count). The van der Waals surface area contributed by atoms with Gasteiger partial charge in [-0.2, -0.15) is 0 Å². The Morgan fingerprint density at radius 1 is 0.868 bits per heavy atom. The van der Waals surface area contributed by atoms with Gasteiger partial charge in [-0.25, -0.2) is 4.57 Å². The molecular formula is C36H38NS+. The first-order valence-electron chi connectivity index (χ1n) is 14.3. The molecule has 1 saturated carbocycles. The highest BCUT2D eigenvalue weighted by molar-refractivity contribution is 8.00. The van der Waals surface area contributed by atoms with Gasteiger partial charge >= 0.3 is 0 Å². The molecule has 2 heteroatoms. The molecule has 0 atom stereocenters. The van der Waals surface area contributed by atoms with Crippen LogP contribution in [-0.4, -0.2) is 0 Å². The highest BCUT2D eigenvalue weighted by Crippen LogP contribution is 2.54. The number of hydrogen-bond donors (Lipinski definition) is 0. The Morgan fingerprint density at radius 2 is 1.63 bits per heavy atom. The van der Waals surface area contributed by atoms with Gasteiger partial charge in [0, 0.05) is 21.2 Å². The van der Waals surface area contributed by atoms with Crippen molar-refractivity contribution < 1.29 is 4.57 Å². The quantitative estimate of drug-likeness (QED) is 0.164. The van der Waals surface area contributed by atoms with E-state index in [1.54, 1.807) is 0 Å². The summed E-state index contributed by atoms with van der Waals surface area (Å²) in [5.74, 6) is 0.868. The van der Waals surface area contributed by atoms with Crippen LogP contribution in [0.5, 0.6) is 0 Å². The van der Waals surface area contributed by atoms with Crippen LogP contribution in [0.4, 0.5) is 0 Å². The summed E-state index contributed by atoms with van der Waals surface area (Å²) in [6, 6.07) is 19.2. The van der Waals surface area contributed by atoms with Crippen LogP contribution in [0.15, 0.2) is 64.5 Å². The van der Waals surface area contributed by atoms with E-state index in [0.717, 1.165) is 5.92 Å². The van der Waals surface area contributed by atoms with Crippen molar-refractivity contribution in [2.45, 2.75) is 81.9 Å². The third-order valence-electron chi connectivity index (χ3n) is 9.14. The first-order valence-corrected chi connectivity index (χ1v) is 15.2. The lowest BCUT2D eigenvalue weighted by molar-refractivity contribution is -0.659. The van der Waals surface area contributed by atoms with Gasteiger partial charge in [0.1, 0.15) is 7.05 Å². The van der Waals surface area contributed by atoms with Crippen LogP contribution >= 0.6 is 11.8 Å². The van der Waals surface area contributed by atoms with Crippen molar-refractivity contribution in [1.29, 1.82) is 0 Å². The normalized spacial score (nSPS) is 15.6. The zero-order chi connectivity index (χ0) is 26.3. The van der Waals surface area contributed by atoms with Crippen LogP contribution in [0.25, 0.3) is 43.6 Å². The molecule has 2 aliphatic rings. The number of nitrogens with zero attached hydrogens (tertiary/aromatic N) is 1. The molecule has 0 radical (unpaired) electrons. The van der Waals surface area contributed by atoms with Gasteiger partial charge in [0.15, 0.2) is 6.20 Å². The predicted octanol–water partition coefficient (Wildman–Crippen LogP) is 9.75. The molecule has 1 nitrogen and oxygen atoms in total. The minimum absolute atomic E-state index is 0.0353. The average molecular weight is 517 g/mol.